The number of nitrogens with zero attached hydrogens (tertiary/aromatic N) is 1. The first-order valence-electron chi connectivity index (χ1n) is 11.2. The molecule has 3 aliphatic rings. The molecule has 2 aliphatic carbocycles. The summed E-state index contributed by atoms with van der Waals surface area (Å²) < 4.78 is 19.1. The Hall–Kier alpha value is -2.49. The Labute approximate surface area is 177 Å². The minimum Gasteiger partial charge on any atom is -0.462 e. The van der Waals surface area contributed by atoms with Crippen LogP contribution in [-0.2, 0) is 9.53 Å². The molecule has 0 amide bonds. The molecule has 3 nitrogen and oxygen atoms in total. The number of benzene rings is 1. The zero-order valence-corrected chi connectivity index (χ0v) is 17.3. The van der Waals surface area contributed by atoms with Crippen LogP contribution in [-0.4, -0.2) is 17.1 Å². The third-order valence-electron chi connectivity index (χ3n) is 7.51. The van der Waals surface area contributed by atoms with E-state index in [1.54, 1.807) is 12.3 Å². The molecule has 2 heterocycles. The van der Waals surface area contributed by atoms with E-state index in [9.17, 15) is 9.18 Å². The Morgan fingerprint density at radius 3 is 2.80 bits per heavy atom. The number of rotatable bonds is 3. The van der Waals surface area contributed by atoms with E-state index in [2.05, 4.69) is 24.1 Å². The van der Waals surface area contributed by atoms with Crippen LogP contribution in [0.3, 0.4) is 0 Å². The van der Waals surface area contributed by atoms with Crippen LogP contribution in [0.5, 0.6) is 0 Å². The van der Waals surface area contributed by atoms with E-state index in [1.807, 2.05) is 18.2 Å². The summed E-state index contributed by atoms with van der Waals surface area (Å²) in [7, 11) is 0. The number of aromatic nitrogens is 1. The van der Waals surface area contributed by atoms with Crippen molar-refractivity contribution in [3.05, 3.63) is 60.2 Å². The Morgan fingerprint density at radius 2 is 2.00 bits per heavy atom. The highest BCUT2D eigenvalue weighted by atomic mass is 19.1. The first-order chi connectivity index (χ1) is 14.6. The molecule has 0 spiro atoms. The number of allylic oxidation sites excluding steroid dienone is 1. The predicted octanol–water partition coefficient (Wildman–Crippen LogP) is 5.90. The number of carbonyl (C=O) groups is 1. The van der Waals surface area contributed by atoms with Crippen molar-refractivity contribution in [2.75, 3.05) is 0 Å². The lowest BCUT2D eigenvalue weighted by atomic mass is 9.57. The molecule has 1 saturated heterocycles. The summed E-state index contributed by atoms with van der Waals surface area (Å²) in [6.07, 6.45) is 12.2. The third kappa shape index (κ3) is 3.57. The summed E-state index contributed by atoms with van der Waals surface area (Å²) in [5.41, 5.74) is 2.62. The van der Waals surface area contributed by atoms with E-state index in [4.69, 9.17) is 4.74 Å². The molecule has 2 saturated carbocycles. The van der Waals surface area contributed by atoms with Gasteiger partial charge in [0.1, 0.15) is 11.9 Å². The van der Waals surface area contributed by atoms with Crippen LogP contribution in [0, 0.1) is 35.4 Å². The Kier molecular flexibility index (Phi) is 5.18. The van der Waals surface area contributed by atoms with E-state index in [1.165, 1.54) is 37.8 Å². The second-order valence-electron chi connectivity index (χ2n) is 9.19. The predicted molar refractivity (Wildman–Crippen MR) is 115 cm³/mol. The fourth-order valence-electron chi connectivity index (χ4n) is 6.14. The maximum atomic E-state index is 13.5. The van der Waals surface area contributed by atoms with Gasteiger partial charge in [0, 0.05) is 17.7 Å². The highest BCUT2D eigenvalue weighted by Gasteiger charge is 2.53. The smallest absolute Gasteiger partial charge is 0.309 e. The Morgan fingerprint density at radius 1 is 1.13 bits per heavy atom. The van der Waals surface area contributed by atoms with Crippen molar-refractivity contribution in [3.63, 3.8) is 0 Å². The summed E-state index contributed by atoms with van der Waals surface area (Å²) in [6.45, 7) is 2.05. The minimum absolute atomic E-state index is 0.00694. The van der Waals surface area contributed by atoms with Gasteiger partial charge in [-0.1, -0.05) is 43.5 Å². The number of halogens is 1. The van der Waals surface area contributed by atoms with Crippen LogP contribution in [0.25, 0.3) is 17.2 Å². The number of hydrogen-bond acceptors (Lipinski definition) is 3. The Balaban J connectivity index is 1.39. The summed E-state index contributed by atoms with van der Waals surface area (Å²) in [5.74, 6) is 1.73. The summed E-state index contributed by atoms with van der Waals surface area (Å²) in [5, 5.41) is 0. The van der Waals surface area contributed by atoms with E-state index in [0.29, 0.717) is 17.8 Å². The fraction of sp³-hybridized carbons (Fsp3) is 0.462. The third-order valence-corrected chi connectivity index (χ3v) is 7.51. The number of fused-ring (bicyclic) bond motifs is 2. The Bertz CT molecular complexity index is 954. The monoisotopic (exact) mass is 405 g/mol. The zero-order valence-electron chi connectivity index (χ0n) is 17.3. The van der Waals surface area contributed by atoms with Gasteiger partial charge in [-0.05, 0) is 67.4 Å². The van der Waals surface area contributed by atoms with Crippen molar-refractivity contribution >= 4 is 12.0 Å². The summed E-state index contributed by atoms with van der Waals surface area (Å²) >= 11 is 0. The number of esters is 1. The SMILES string of the molecule is C[C@H]1OC(=O)C2CC3CCCC[C@H]3C(/C=C/c3ccc(-c4cccc(F)c4)cn3)C21. The van der Waals surface area contributed by atoms with Crippen LogP contribution < -0.4 is 0 Å². The highest BCUT2D eigenvalue weighted by molar-refractivity contribution is 5.75. The van der Waals surface area contributed by atoms with E-state index < -0.39 is 0 Å². The van der Waals surface area contributed by atoms with E-state index >= 15 is 0 Å². The molecule has 5 rings (SSSR count). The summed E-state index contributed by atoms with van der Waals surface area (Å²) in [4.78, 5) is 17.0. The molecule has 3 fully saturated rings. The molecule has 4 unspecified atom stereocenters. The molecular weight excluding hydrogens is 377 g/mol. The van der Waals surface area contributed by atoms with Gasteiger partial charge in [-0.2, -0.15) is 0 Å². The van der Waals surface area contributed by atoms with Gasteiger partial charge in [0.05, 0.1) is 11.6 Å². The second kappa shape index (κ2) is 7.98. The molecule has 1 aliphatic heterocycles. The van der Waals surface area contributed by atoms with Crippen molar-refractivity contribution in [1.29, 1.82) is 0 Å². The van der Waals surface area contributed by atoms with Gasteiger partial charge in [-0.3, -0.25) is 9.78 Å². The highest BCUT2D eigenvalue weighted by Crippen LogP contribution is 2.53. The molecule has 0 radical (unpaired) electrons. The van der Waals surface area contributed by atoms with Gasteiger partial charge in [-0.15, -0.1) is 0 Å². The van der Waals surface area contributed by atoms with Gasteiger partial charge in [0.15, 0.2) is 0 Å². The lowest BCUT2D eigenvalue weighted by Crippen LogP contribution is -2.42. The number of hydrogen-bond donors (Lipinski definition) is 0. The molecule has 1 aromatic heterocycles. The number of cyclic esters (lactones) is 1. The van der Waals surface area contributed by atoms with E-state index in [0.717, 1.165) is 23.2 Å². The first kappa shape index (κ1) is 19.5. The van der Waals surface area contributed by atoms with Crippen LogP contribution in [0.4, 0.5) is 4.39 Å². The molecule has 0 N–H and O–H groups in total. The fourth-order valence-corrected chi connectivity index (χ4v) is 6.14. The van der Waals surface area contributed by atoms with Crippen LogP contribution in [0.15, 0.2) is 48.7 Å². The topological polar surface area (TPSA) is 39.2 Å². The number of pyridine rings is 1. The van der Waals surface area contributed by atoms with Crippen molar-refractivity contribution in [2.45, 2.75) is 45.1 Å². The van der Waals surface area contributed by atoms with Gasteiger partial charge in [0.25, 0.3) is 0 Å². The lowest BCUT2D eigenvalue weighted by Gasteiger charge is -2.45. The van der Waals surface area contributed by atoms with Gasteiger partial charge in [0.2, 0.25) is 0 Å². The van der Waals surface area contributed by atoms with Crippen LogP contribution in [0.1, 0.15) is 44.7 Å². The maximum Gasteiger partial charge on any atom is 0.309 e. The zero-order chi connectivity index (χ0) is 20.7. The minimum atomic E-state index is -0.243. The normalized spacial score (nSPS) is 33.2. The van der Waals surface area contributed by atoms with Gasteiger partial charge >= 0.3 is 5.97 Å². The average Bonchev–Trinajstić information content (AvgIpc) is 3.05. The summed E-state index contributed by atoms with van der Waals surface area (Å²) in [6, 6.07) is 10.5. The van der Waals surface area contributed by atoms with Gasteiger partial charge in [-0.25, -0.2) is 4.39 Å². The quantitative estimate of drug-likeness (QED) is 0.597. The molecule has 0 bridgehead atoms. The van der Waals surface area contributed by atoms with Crippen LogP contribution >= 0.6 is 0 Å². The standard InChI is InChI=1S/C26H28FNO2/c1-16-25-23(22-8-3-2-5-18(22)14-24(25)26(29)30-16)12-11-21-10-9-19(15-28-21)17-6-4-7-20(27)13-17/h4,6-7,9-13,15-16,18,22-25H,2-3,5,8,14H2,1H3/b12-11+/t16-,18?,22-,23?,24?,25?/m1/s1. The largest absolute Gasteiger partial charge is 0.462 e. The maximum absolute atomic E-state index is 13.5. The molecule has 1 aromatic carbocycles. The van der Waals surface area contributed by atoms with Crippen LogP contribution in [0.2, 0.25) is 0 Å². The lowest BCUT2D eigenvalue weighted by molar-refractivity contribution is -0.144. The second-order valence-corrected chi connectivity index (χ2v) is 9.19. The van der Waals surface area contributed by atoms with Crippen molar-refractivity contribution in [3.8, 4) is 11.1 Å². The van der Waals surface area contributed by atoms with Crippen molar-refractivity contribution in [2.24, 2.45) is 29.6 Å². The molecular formula is C26H28FNO2. The molecule has 2 aromatic rings. The number of carbonyl (C=O) groups excluding carboxylic acids is 1. The first-order valence-corrected chi connectivity index (χ1v) is 11.2. The van der Waals surface area contributed by atoms with Crippen molar-refractivity contribution < 1.29 is 13.9 Å². The average molecular weight is 406 g/mol. The molecule has 156 valence electrons. The number of ether oxygens (including phenoxy) is 1. The van der Waals surface area contributed by atoms with E-state index in [-0.39, 0.29) is 29.7 Å². The molecule has 30 heavy (non-hydrogen) atoms. The van der Waals surface area contributed by atoms with Crippen molar-refractivity contribution in [1.82, 2.24) is 4.98 Å². The van der Waals surface area contributed by atoms with Gasteiger partial charge < -0.3 is 4.74 Å². The molecule has 4 heteroatoms. The molecule has 6 atom stereocenters.